The molecular weight excluding hydrogens is 298 g/mol. The highest BCUT2D eigenvalue weighted by atomic mass is 32.2. The van der Waals surface area contributed by atoms with Crippen molar-refractivity contribution in [3.63, 3.8) is 0 Å². The van der Waals surface area contributed by atoms with Gasteiger partial charge in [-0.3, -0.25) is 0 Å². The zero-order valence-electron chi connectivity index (χ0n) is 10.8. The van der Waals surface area contributed by atoms with Crippen LogP contribution in [0.25, 0.3) is 0 Å². The molecule has 1 unspecified atom stereocenters. The van der Waals surface area contributed by atoms with Gasteiger partial charge in [0.2, 0.25) is 0 Å². The molecule has 0 spiro atoms. The van der Waals surface area contributed by atoms with Crippen molar-refractivity contribution in [2.45, 2.75) is 36.7 Å². The molecule has 8 heteroatoms. The van der Waals surface area contributed by atoms with Crippen molar-refractivity contribution in [3.05, 3.63) is 24.0 Å². The van der Waals surface area contributed by atoms with E-state index in [0.29, 0.717) is 12.5 Å². The van der Waals surface area contributed by atoms with Gasteiger partial charge in [-0.25, -0.2) is 12.8 Å². The molecule has 0 radical (unpaired) electrons. The van der Waals surface area contributed by atoms with Crippen LogP contribution in [0, 0.1) is 11.2 Å². The second-order valence-electron chi connectivity index (χ2n) is 5.48. The first-order chi connectivity index (χ1) is 8.95. The Kier molecular flexibility index (Phi) is 3.27. The Morgan fingerprint density at radius 1 is 1.30 bits per heavy atom. The molecule has 112 valence electrons. The smallest absolute Gasteiger partial charge is 0.381 e. The minimum Gasteiger partial charge on any atom is -0.381 e. The lowest BCUT2D eigenvalue weighted by Gasteiger charge is -2.15. The first kappa shape index (κ1) is 15.1. The lowest BCUT2D eigenvalue weighted by molar-refractivity contribution is -0.0435. The number of nitrogens with one attached hydrogen (secondary N) is 1. The Morgan fingerprint density at radius 2 is 1.85 bits per heavy atom. The summed E-state index contributed by atoms with van der Waals surface area (Å²) in [6, 6.07) is 2.20. The van der Waals surface area contributed by atoms with Crippen molar-refractivity contribution in [2.75, 3.05) is 5.32 Å². The summed E-state index contributed by atoms with van der Waals surface area (Å²) in [4.78, 5) is -1.08. The van der Waals surface area contributed by atoms with Crippen molar-refractivity contribution < 1.29 is 26.0 Å². The van der Waals surface area contributed by atoms with E-state index in [1.807, 2.05) is 13.8 Å². The standard InChI is InChI=1S/C12H13F4NO2S/c1-11(2)6-10(11)17-8-4-3-7(13)5-9(8)20(18,19)12(14,15)16/h3-5,10,17H,6H2,1-2H3. The highest BCUT2D eigenvalue weighted by molar-refractivity contribution is 7.92. The third kappa shape index (κ3) is 2.61. The van der Waals surface area contributed by atoms with Crippen LogP contribution < -0.4 is 5.32 Å². The maximum atomic E-state index is 13.1. The normalized spacial score (nSPS) is 21.6. The largest absolute Gasteiger partial charge is 0.501 e. The van der Waals surface area contributed by atoms with Crippen LogP contribution in [0.4, 0.5) is 23.2 Å². The van der Waals surface area contributed by atoms with E-state index in [2.05, 4.69) is 5.32 Å². The van der Waals surface area contributed by atoms with Crippen molar-refractivity contribution in [2.24, 2.45) is 5.41 Å². The van der Waals surface area contributed by atoms with Crippen LogP contribution in [0.15, 0.2) is 23.1 Å². The number of rotatable bonds is 3. The van der Waals surface area contributed by atoms with E-state index >= 15 is 0 Å². The van der Waals surface area contributed by atoms with Gasteiger partial charge in [-0.05, 0) is 30.0 Å². The van der Waals surface area contributed by atoms with Crippen LogP contribution in [-0.4, -0.2) is 20.0 Å². The third-order valence-electron chi connectivity index (χ3n) is 3.38. The maximum absolute atomic E-state index is 13.1. The molecule has 1 aromatic carbocycles. The molecule has 1 N–H and O–H groups in total. The molecule has 0 bridgehead atoms. The number of anilines is 1. The van der Waals surface area contributed by atoms with E-state index < -0.39 is 26.1 Å². The summed E-state index contributed by atoms with van der Waals surface area (Å²) in [6.07, 6.45) is 0.704. The molecule has 1 fully saturated rings. The molecule has 1 aromatic rings. The highest BCUT2D eigenvalue weighted by Crippen LogP contribution is 2.47. The van der Waals surface area contributed by atoms with Crippen molar-refractivity contribution in [3.8, 4) is 0 Å². The first-order valence-corrected chi connectivity index (χ1v) is 7.31. The maximum Gasteiger partial charge on any atom is 0.501 e. The summed E-state index contributed by atoms with van der Waals surface area (Å²) in [7, 11) is -5.59. The Hall–Kier alpha value is -1.31. The van der Waals surface area contributed by atoms with Gasteiger partial charge in [-0.15, -0.1) is 0 Å². The number of benzene rings is 1. The van der Waals surface area contributed by atoms with Gasteiger partial charge >= 0.3 is 5.51 Å². The minimum absolute atomic E-state index is 0.117. The number of hydrogen-bond donors (Lipinski definition) is 1. The minimum atomic E-state index is -5.59. The van der Waals surface area contributed by atoms with Gasteiger partial charge in [0.1, 0.15) is 10.7 Å². The van der Waals surface area contributed by atoms with Crippen molar-refractivity contribution >= 4 is 15.5 Å². The zero-order chi connectivity index (χ0) is 15.3. The molecule has 2 rings (SSSR count). The van der Waals surface area contributed by atoms with Crippen molar-refractivity contribution in [1.82, 2.24) is 0 Å². The molecule has 3 nitrogen and oxygen atoms in total. The molecule has 0 heterocycles. The fraction of sp³-hybridized carbons (Fsp3) is 0.500. The summed E-state index contributed by atoms with van der Waals surface area (Å²) in [5, 5.41) is 2.73. The highest BCUT2D eigenvalue weighted by Gasteiger charge is 2.50. The molecular formula is C12H13F4NO2S. The summed E-state index contributed by atoms with van der Waals surface area (Å²) in [5.41, 5.74) is -5.80. The molecule has 1 aliphatic rings. The van der Waals surface area contributed by atoms with Crippen LogP contribution in [0.5, 0.6) is 0 Å². The van der Waals surface area contributed by atoms with Gasteiger partial charge in [0, 0.05) is 6.04 Å². The average Bonchev–Trinajstić information content (AvgIpc) is 2.87. The fourth-order valence-corrected chi connectivity index (χ4v) is 2.80. The molecule has 1 atom stereocenters. The van der Waals surface area contributed by atoms with E-state index in [4.69, 9.17) is 0 Å². The predicted molar refractivity (Wildman–Crippen MR) is 65.4 cm³/mol. The van der Waals surface area contributed by atoms with E-state index in [1.54, 1.807) is 0 Å². The Morgan fingerprint density at radius 3 is 2.30 bits per heavy atom. The molecule has 0 aromatic heterocycles. The van der Waals surface area contributed by atoms with E-state index in [9.17, 15) is 26.0 Å². The Balaban J connectivity index is 2.45. The summed E-state index contributed by atoms with van der Waals surface area (Å²) >= 11 is 0. The monoisotopic (exact) mass is 311 g/mol. The molecule has 20 heavy (non-hydrogen) atoms. The Labute approximate surface area is 113 Å². The predicted octanol–water partition coefficient (Wildman–Crippen LogP) is 3.33. The van der Waals surface area contributed by atoms with E-state index in [1.165, 1.54) is 0 Å². The van der Waals surface area contributed by atoms with Crippen LogP contribution in [0.1, 0.15) is 20.3 Å². The number of halogens is 4. The summed E-state index contributed by atoms with van der Waals surface area (Å²) < 4.78 is 73.8. The molecule has 0 amide bonds. The zero-order valence-corrected chi connectivity index (χ0v) is 11.6. The van der Waals surface area contributed by atoms with Crippen LogP contribution in [0.2, 0.25) is 0 Å². The van der Waals surface area contributed by atoms with Gasteiger partial charge in [0.15, 0.2) is 0 Å². The number of alkyl halides is 3. The second-order valence-corrected chi connectivity index (χ2v) is 7.39. The average molecular weight is 311 g/mol. The molecule has 0 saturated heterocycles. The quantitative estimate of drug-likeness (QED) is 0.871. The molecule has 1 saturated carbocycles. The van der Waals surface area contributed by atoms with Crippen LogP contribution in [0.3, 0.4) is 0 Å². The van der Waals surface area contributed by atoms with Gasteiger partial charge < -0.3 is 5.32 Å². The third-order valence-corrected chi connectivity index (χ3v) is 4.91. The summed E-state index contributed by atoms with van der Waals surface area (Å²) in [5.74, 6) is -1.03. The van der Waals surface area contributed by atoms with Crippen LogP contribution in [-0.2, 0) is 9.84 Å². The number of sulfone groups is 1. The van der Waals surface area contributed by atoms with Gasteiger partial charge in [-0.2, -0.15) is 13.2 Å². The molecule has 0 aliphatic heterocycles. The lowest BCUT2D eigenvalue weighted by Crippen LogP contribution is -2.25. The van der Waals surface area contributed by atoms with Crippen molar-refractivity contribution in [1.29, 1.82) is 0 Å². The first-order valence-electron chi connectivity index (χ1n) is 5.82. The van der Waals surface area contributed by atoms with E-state index in [-0.39, 0.29) is 17.1 Å². The van der Waals surface area contributed by atoms with Gasteiger partial charge in [0.25, 0.3) is 9.84 Å². The fourth-order valence-electron chi connectivity index (χ4n) is 1.86. The topological polar surface area (TPSA) is 46.2 Å². The lowest BCUT2D eigenvalue weighted by atomic mass is 10.2. The van der Waals surface area contributed by atoms with Crippen LogP contribution >= 0.6 is 0 Å². The Bertz CT molecular complexity index is 637. The van der Waals surface area contributed by atoms with E-state index in [0.717, 1.165) is 12.1 Å². The molecule has 1 aliphatic carbocycles. The van der Waals surface area contributed by atoms with Gasteiger partial charge in [-0.1, -0.05) is 13.8 Å². The summed E-state index contributed by atoms with van der Waals surface area (Å²) in [6.45, 7) is 3.79. The number of hydrogen-bond acceptors (Lipinski definition) is 3. The SMILES string of the molecule is CC1(C)CC1Nc1ccc(F)cc1S(=O)(=O)C(F)(F)F. The second kappa shape index (κ2) is 4.34. The van der Waals surface area contributed by atoms with Gasteiger partial charge in [0.05, 0.1) is 5.69 Å².